The van der Waals surface area contributed by atoms with E-state index in [-0.39, 0.29) is 16.0 Å². The van der Waals surface area contributed by atoms with Crippen molar-refractivity contribution in [1.82, 2.24) is 0 Å². The van der Waals surface area contributed by atoms with Crippen LogP contribution < -0.4 is 5.73 Å². The molecule has 1 saturated carbocycles. The molecule has 17 heavy (non-hydrogen) atoms. The molecule has 2 rings (SSSR count). The van der Waals surface area contributed by atoms with E-state index < -0.39 is 20.9 Å². The summed E-state index contributed by atoms with van der Waals surface area (Å²) in [4.78, 5) is 0.0722. The number of halogens is 2. The molecule has 0 radical (unpaired) electrons. The highest BCUT2D eigenvalue weighted by molar-refractivity contribution is 7.92. The van der Waals surface area contributed by atoms with Crippen LogP contribution in [0, 0.1) is 5.82 Å². The second kappa shape index (κ2) is 4.55. The zero-order chi connectivity index (χ0) is 12.6. The SMILES string of the molecule is NC1CCC(S(=O)(=O)c2ccc(F)c(Cl)c2)C1. The summed E-state index contributed by atoms with van der Waals surface area (Å²) >= 11 is 5.59. The Labute approximate surface area is 105 Å². The number of rotatable bonds is 2. The Morgan fingerprint density at radius 1 is 1.35 bits per heavy atom. The van der Waals surface area contributed by atoms with Gasteiger partial charge >= 0.3 is 0 Å². The summed E-state index contributed by atoms with van der Waals surface area (Å²) in [5, 5.41) is -0.646. The van der Waals surface area contributed by atoms with Crippen molar-refractivity contribution in [3.63, 3.8) is 0 Å². The summed E-state index contributed by atoms with van der Waals surface area (Å²) in [6.07, 6.45) is 1.72. The number of sulfone groups is 1. The summed E-state index contributed by atoms with van der Waals surface area (Å²) < 4.78 is 37.4. The van der Waals surface area contributed by atoms with Gasteiger partial charge in [0.15, 0.2) is 9.84 Å². The monoisotopic (exact) mass is 277 g/mol. The van der Waals surface area contributed by atoms with Crippen molar-refractivity contribution < 1.29 is 12.8 Å². The van der Waals surface area contributed by atoms with Gasteiger partial charge in [0.1, 0.15) is 5.82 Å². The highest BCUT2D eigenvalue weighted by atomic mass is 35.5. The third-order valence-corrected chi connectivity index (χ3v) is 5.59. The zero-order valence-corrected chi connectivity index (χ0v) is 10.6. The second-order valence-electron chi connectivity index (χ2n) is 4.32. The fourth-order valence-corrected chi connectivity index (χ4v) is 4.22. The van der Waals surface area contributed by atoms with Crippen molar-refractivity contribution in [2.75, 3.05) is 0 Å². The van der Waals surface area contributed by atoms with Gasteiger partial charge in [-0.25, -0.2) is 12.8 Å². The van der Waals surface area contributed by atoms with Crippen LogP contribution in [0.3, 0.4) is 0 Å². The van der Waals surface area contributed by atoms with Gasteiger partial charge in [-0.15, -0.1) is 0 Å². The Bertz CT molecular complexity index is 532. The Balaban J connectivity index is 2.35. The average molecular weight is 278 g/mol. The maximum absolute atomic E-state index is 13.0. The van der Waals surface area contributed by atoms with Gasteiger partial charge in [-0.05, 0) is 37.5 Å². The second-order valence-corrected chi connectivity index (χ2v) is 6.95. The van der Waals surface area contributed by atoms with Gasteiger partial charge in [0.2, 0.25) is 0 Å². The molecule has 1 aliphatic rings. The summed E-state index contributed by atoms with van der Waals surface area (Å²) in [7, 11) is -3.44. The first-order valence-corrected chi connectivity index (χ1v) is 7.28. The number of benzene rings is 1. The minimum absolute atomic E-state index is 0.0642. The molecule has 0 bridgehead atoms. The predicted molar refractivity (Wildman–Crippen MR) is 64.2 cm³/mol. The molecule has 2 N–H and O–H groups in total. The molecule has 0 spiro atoms. The summed E-state index contributed by atoms with van der Waals surface area (Å²) in [6, 6.07) is 3.42. The third-order valence-electron chi connectivity index (χ3n) is 3.08. The number of hydrogen-bond donors (Lipinski definition) is 1. The summed E-state index contributed by atoms with van der Waals surface area (Å²) in [5.74, 6) is -0.617. The van der Waals surface area contributed by atoms with Crippen LogP contribution in [0.5, 0.6) is 0 Å². The molecular weight excluding hydrogens is 265 g/mol. The van der Waals surface area contributed by atoms with Gasteiger partial charge in [-0.1, -0.05) is 11.6 Å². The van der Waals surface area contributed by atoms with Crippen molar-refractivity contribution >= 4 is 21.4 Å². The quantitative estimate of drug-likeness (QED) is 0.843. The van der Waals surface area contributed by atoms with Crippen LogP contribution in [-0.4, -0.2) is 19.7 Å². The molecule has 2 unspecified atom stereocenters. The lowest BCUT2D eigenvalue weighted by atomic mass is 10.3. The molecule has 1 aliphatic carbocycles. The van der Waals surface area contributed by atoms with Crippen molar-refractivity contribution in [2.45, 2.75) is 35.4 Å². The molecule has 1 aromatic carbocycles. The largest absolute Gasteiger partial charge is 0.328 e. The highest BCUT2D eigenvalue weighted by Crippen LogP contribution is 2.30. The van der Waals surface area contributed by atoms with E-state index >= 15 is 0 Å². The molecule has 2 atom stereocenters. The maximum Gasteiger partial charge on any atom is 0.181 e. The normalized spacial score (nSPS) is 25.1. The minimum atomic E-state index is -3.44. The van der Waals surface area contributed by atoms with E-state index in [9.17, 15) is 12.8 Å². The molecule has 94 valence electrons. The number of hydrogen-bond acceptors (Lipinski definition) is 3. The van der Waals surface area contributed by atoms with Gasteiger partial charge in [-0.3, -0.25) is 0 Å². The molecule has 3 nitrogen and oxygen atoms in total. The standard InChI is InChI=1S/C11H13ClFNO2S/c12-10-6-9(3-4-11(10)13)17(15,16)8-2-1-7(14)5-8/h3-4,6-8H,1-2,5,14H2. The lowest BCUT2D eigenvalue weighted by Gasteiger charge is -2.11. The van der Waals surface area contributed by atoms with Crippen LogP contribution in [-0.2, 0) is 9.84 Å². The van der Waals surface area contributed by atoms with E-state index in [0.29, 0.717) is 19.3 Å². The zero-order valence-electron chi connectivity index (χ0n) is 9.07. The van der Waals surface area contributed by atoms with E-state index in [2.05, 4.69) is 0 Å². The molecule has 0 aliphatic heterocycles. The Morgan fingerprint density at radius 2 is 2.06 bits per heavy atom. The van der Waals surface area contributed by atoms with Crippen LogP contribution in [0.4, 0.5) is 4.39 Å². The minimum Gasteiger partial charge on any atom is -0.328 e. The van der Waals surface area contributed by atoms with Crippen molar-refractivity contribution in [2.24, 2.45) is 5.73 Å². The fraction of sp³-hybridized carbons (Fsp3) is 0.455. The highest BCUT2D eigenvalue weighted by Gasteiger charge is 2.34. The lowest BCUT2D eigenvalue weighted by Crippen LogP contribution is -2.22. The summed E-state index contributed by atoms with van der Waals surface area (Å²) in [6.45, 7) is 0. The molecular formula is C11H13ClFNO2S. The average Bonchev–Trinajstić information content (AvgIpc) is 2.69. The van der Waals surface area contributed by atoms with E-state index in [1.54, 1.807) is 0 Å². The van der Waals surface area contributed by atoms with Crippen LogP contribution in [0.25, 0.3) is 0 Å². The lowest BCUT2D eigenvalue weighted by molar-refractivity contribution is 0.577. The van der Waals surface area contributed by atoms with E-state index in [4.69, 9.17) is 17.3 Å². The first-order valence-electron chi connectivity index (χ1n) is 5.36. The van der Waals surface area contributed by atoms with Crippen LogP contribution in [0.2, 0.25) is 5.02 Å². The van der Waals surface area contributed by atoms with E-state index in [1.807, 2.05) is 0 Å². The number of nitrogens with two attached hydrogens (primary N) is 1. The van der Waals surface area contributed by atoms with E-state index in [1.165, 1.54) is 6.07 Å². The summed E-state index contributed by atoms with van der Waals surface area (Å²) in [5.41, 5.74) is 5.70. The molecule has 1 aromatic rings. The predicted octanol–water partition coefficient (Wildman–Crippen LogP) is 2.13. The van der Waals surface area contributed by atoms with Crippen LogP contribution >= 0.6 is 11.6 Å². The topological polar surface area (TPSA) is 60.2 Å². The van der Waals surface area contributed by atoms with Crippen molar-refractivity contribution in [1.29, 1.82) is 0 Å². The maximum atomic E-state index is 13.0. The van der Waals surface area contributed by atoms with Gasteiger partial charge in [0.25, 0.3) is 0 Å². The van der Waals surface area contributed by atoms with Crippen molar-refractivity contribution in [3.05, 3.63) is 29.0 Å². The fourth-order valence-electron chi connectivity index (χ4n) is 2.10. The van der Waals surface area contributed by atoms with Crippen LogP contribution in [0.1, 0.15) is 19.3 Å². The third kappa shape index (κ3) is 2.46. The Morgan fingerprint density at radius 3 is 2.59 bits per heavy atom. The molecule has 0 saturated heterocycles. The molecule has 0 aromatic heterocycles. The van der Waals surface area contributed by atoms with Gasteiger partial charge in [0.05, 0.1) is 15.2 Å². The first kappa shape index (κ1) is 12.8. The van der Waals surface area contributed by atoms with Gasteiger partial charge in [0, 0.05) is 6.04 Å². The van der Waals surface area contributed by atoms with Crippen LogP contribution in [0.15, 0.2) is 23.1 Å². The molecule has 0 heterocycles. The van der Waals surface area contributed by atoms with E-state index in [0.717, 1.165) is 12.1 Å². The molecule has 6 heteroatoms. The van der Waals surface area contributed by atoms with Crippen molar-refractivity contribution in [3.8, 4) is 0 Å². The first-order chi connectivity index (χ1) is 7.91. The Kier molecular flexibility index (Phi) is 3.43. The smallest absolute Gasteiger partial charge is 0.181 e. The Hall–Kier alpha value is -0.650. The van der Waals surface area contributed by atoms with Gasteiger partial charge in [-0.2, -0.15) is 0 Å². The molecule has 0 amide bonds. The van der Waals surface area contributed by atoms with Gasteiger partial charge < -0.3 is 5.73 Å². The molecule has 1 fully saturated rings.